The molecule has 94 valence electrons. The molecule has 0 aromatic heterocycles. The average molecular weight is 236 g/mol. The number of carbonyl (C=O) groups excluding carboxylic acids is 1. The van der Waals surface area contributed by atoms with E-state index in [-0.39, 0.29) is 18.4 Å². The van der Waals surface area contributed by atoms with Crippen molar-refractivity contribution in [2.75, 3.05) is 20.6 Å². The summed E-state index contributed by atoms with van der Waals surface area (Å²) in [5, 5.41) is 0. The van der Waals surface area contributed by atoms with E-state index >= 15 is 0 Å². The van der Waals surface area contributed by atoms with Crippen molar-refractivity contribution in [3.63, 3.8) is 0 Å². The standard InChI is InChI=1S/C13H20N2O2/c1-15(2)9-12(14)8-13(16)17-10-11-6-4-3-5-7-11/h3-7,12H,8-10,14H2,1-2H3. The molecule has 0 radical (unpaired) electrons. The maximum absolute atomic E-state index is 11.5. The Balaban J connectivity index is 2.26. The molecule has 0 bridgehead atoms. The number of nitrogens with two attached hydrogens (primary N) is 1. The third-order valence-corrected chi connectivity index (χ3v) is 2.27. The molecule has 0 saturated carbocycles. The fourth-order valence-electron chi connectivity index (χ4n) is 1.54. The molecule has 0 saturated heterocycles. The fraction of sp³-hybridized carbons (Fsp3) is 0.462. The van der Waals surface area contributed by atoms with Crippen LogP contribution in [0.5, 0.6) is 0 Å². The second kappa shape index (κ2) is 7.04. The minimum Gasteiger partial charge on any atom is -0.461 e. The predicted molar refractivity (Wildman–Crippen MR) is 67.4 cm³/mol. The van der Waals surface area contributed by atoms with Crippen LogP contribution >= 0.6 is 0 Å². The lowest BCUT2D eigenvalue weighted by molar-refractivity contribution is -0.145. The topological polar surface area (TPSA) is 55.6 Å². The van der Waals surface area contributed by atoms with Gasteiger partial charge in [0.25, 0.3) is 0 Å². The number of rotatable bonds is 6. The number of hydrogen-bond donors (Lipinski definition) is 1. The molecule has 0 heterocycles. The van der Waals surface area contributed by atoms with Crippen LogP contribution in [0.15, 0.2) is 30.3 Å². The molecule has 0 aliphatic carbocycles. The summed E-state index contributed by atoms with van der Waals surface area (Å²) in [5.74, 6) is -0.247. The lowest BCUT2D eigenvalue weighted by Crippen LogP contribution is -2.35. The Kier molecular flexibility index (Phi) is 5.66. The van der Waals surface area contributed by atoms with E-state index < -0.39 is 0 Å². The summed E-state index contributed by atoms with van der Waals surface area (Å²) in [5.41, 5.74) is 6.79. The Morgan fingerprint density at radius 3 is 2.59 bits per heavy atom. The van der Waals surface area contributed by atoms with Gasteiger partial charge in [-0.05, 0) is 19.7 Å². The van der Waals surface area contributed by atoms with E-state index in [1.54, 1.807) is 0 Å². The summed E-state index contributed by atoms with van der Waals surface area (Å²) in [4.78, 5) is 13.4. The monoisotopic (exact) mass is 236 g/mol. The Morgan fingerprint density at radius 2 is 2.00 bits per heavy atom. The molecule has 17 heavy (non-hydrogen) atoms. The van der Waals surface area contributed by atoms with E-state index in [9.17, 15) is 4.79 Å². The number of ether oxygens (including phenoxy) is 1. The van der Waals surface area contributed by atoms with Crippen LogP contribution in [0.3, 0.4) is 0 Å². The van der Waals surface area contributed by atoms with Gasteiger partial charge in [-0.1, -0.05) is 30.3 Å². The highest BCUT2D eigenvalue weighted by Gasteiger charge is 2.11. The van der Waals surface area contributed by atoms with Crippen molar-refractivity contribution in [2.45, 2.75) is 19.1 Å². The highest BCUT2D eigenvalue weighted by atomic mass is 16.5. The SMILES string of the molecule is CN(C)CC(N)CC(=O)OCc1ccccc1. The van der Waals surface area contributed by atoms with Gasteiger partial charge < -0.3 is 15.4 Å². The molecule has 2 N–H and O–H groups in total. The minimum absolute atomic E-state index is 0.173. The number of nitrogens with zero attached hydrogens (tertiary/aromatic N) is 1. The van der Waals surface area contributed by atoms with Crippen LogP contribution in [-0.4, -0.2) is 37.6 Å². The van der Waals surface area contributed by atoms with Crippen molar-refractivity contribution in [3.8, 4) is 0 Å². The van der Waals surface area contributed by atoms with Crippen LogP contribution in [0.4, 0.5) is 0 Å². The van der Waals surface area contributed by atoms with Gasteiger partial charge >= 0.3 is 5.97 Å². The van der Waals surface area contributed by atoms with Crippen molar-refractivity contribution >= 4 is 5.97 Å². The second-order valence-corrected chi connectivity index (χ2v) is 4.37. The number of hydrogen-bond acceptors (Lipinski definition) is 4. The molecule has 1 aromatic rings. The van der Waals surface area contributed by atoms with Crippen molar-refractivity contribution < 1.29 is 9.53 Å². The molecule has 1 atom stereocenters. The normalized spacial score (nSPS) is 12.5. The van der Waals surface area contributed by atoms with Gasteiger partial charge in [-0.25, -0.2) is 0 Å². The Hall–Kier alpha value is -1.39. The minimum atomic E-state index is -0.247. The summed E-state index contributed by atoms with van der Waals surface area (Å²) < 4.78 is 5.14. The number of likely N-dealkylation sites (N-methyl/N-ethyl adjacent to an activating group) is 1. The summed E-state index contributed by atoms with van der Waals surface area (Å²) in [7, 11) is 3.85. The molecule has 1 rings (SSSR count). The summed E-state index contributed by atoms with van der Waals surface area (Å²) in [6, 6.07) is 9.44. The fourth-order valence-corrected chi connectivity index (χ4v) is 1.54. The molecule has 0 amide bonds. The Labute approximate surface area is 102 Å². The molecule has 1 unspecified atom stereocenters. The van der Waals surface area contributed by atoms with Gasteiger partial charge in [-0.15, -0.1) is 0 Å². The van der Waals surface area contributed by atoms with Gasteiger partial charge in [0.2, 0.25) is 0 Å². The smallest absolute Gasteiger partial charge is 0.307 e. The molecule has 0 fully saturated rings. The maximum Gasteiger partial charge on any atom is 0.307 e. The molecular weight excluding hydrogens is 216 g/mol. The number of carbonyl (C=O) groups is 1. The van der Waals surface area contributed by atoms with E-state index in [1.807, 2.05) is 49.3 Å². The highest BCUT2D eigenvalue weighted by Crippen LogP contribution is 2.02. The largest absolute Gasteiger partial charge is 0.461 e. The lowest BCUT2D eigenvalue weighted by atomic mass is 10.2. The zero-order valence-corrected chi connectivity index (χ0v) is 10.4. The molecule has 0 aliphatic rings. The number of benzene rings is 1. The van der Waals surface area contributed by atoms with E-state index in [0.29, 0.717) is 13.2 Å². The van der Waals surface area contributed by atoms with Crippen LogP contribution in [0.25, 0.3) is 0 Å². The predicted octanol–water partition coefficient (Wildman–Crippen LogP) is 1.01. The zero-order chi connectivity index (χ0) is 12.7. The first-order valence-corrected chi connectivity index (χ1v) is 5.68. The first kappa shape index (κ1) is 13.7. The van der Waals surface area contributed by atoms with Gasteiger partial charge in [0.1, 0.15) is 6.61 Å². The molecule has 4 nitrogen and oxygen atoms in total. The lowest BCUT2D eigenvalue weighted by Gasteiger charge is -2.16. The molecule has 1 aromatic carbocycles. The third-order valence-electron chi connectivity index (χ3n) is 2.27. The maximum atomic E-state index is 11.5. The quantitative estimate of drug-likeness (QED) is 0.749. The molecule has 4 heteroatoms. The van der Waals surface area contributed by atoms with Gasteiger partial charge in [0.15, 0.2) is 0 Å². The molecule has 0 aliphatic heterocycles. The van der Waals surface area contributed by atoms with Gasteiger partial charge in [-0.3, -0.25) is 4.79 Å². The molecule has 0 spiro atoms. The van der Waals surface area contributed by atoms with Gasteiger partial charge in [0.05, 0.1) is 6.42 Å². The Morgan fingerprint density at radius 1 is 1.35 bits per heavy atom. The van der Waals surface area contributed by atoms with Crippen molar-refractivity contribution in [1.82, 2.24) is 4.90 Å². The van der Waals surface area contributed by atoms with Crippen molar-refractivity contribution in [1.29, 1.82) is 0 Å². The highest BCUT2D eigenvalue weighted by molar-refractivity contribution is 5.70. The van der Waals surface area contributed by atoms with Crippen LogP contribution < -0.4 is 5.73 Å². The van der Waals surface area contributed by atoms with E-state index in [4.69, 9.17) is 10.5 Å². The summed E-state index contributed by atoms with van der Waals surface area (Å²) in [6.45, 7) is 0.995. The van der Waals surface area contributed by atoms with Crippen molar-refractivity contribution in [3.05, 3.63) is 35.9 Å². The first-order chi connectivity index (χ1) is 8.08. The van der Waals surface area contributed by atoms with E-state index in [1.165, 1.54) is 0 Å². The van der Waals surface area contributed by atoms with Gasteiger partial charge in [-0.2, -0.15) is 0 Å². The third kappa shape index (κ3) is 6.04. The van der Waals surface area contributed by atoms with Crippen LogP contribution in [-0.2, 0) is 16.1 Å². The average Bonchev–Trinajstić information content (AvgIpc) is 2.26. The molecular formula is C13H20N2O2. The summed E-state index contributed by atoms with van der Waals surface area (Å²) in [6.07, 6.45) is 0.255. The van der Waals surface area contributed by atoms with Gasteiger partial charge in [0, 0.05) is 12.6 Å². The van der Waals surface area contributed by atoms with E-state index in [0.717, 1.165) is 5.56 Å². The second-order valence-electron chi connectivity index (χ2n) is 4.37. The summed E-state index contributed by atoms with van der Waals surface area (Å²) >= 11 is 0. The van der Waals surface area contributed by atoms with Crippen LogP contribution in [0.2, 0.25) is 0 Å². The van der Waals surface area contributed by atoms with E-state index in [2.05, 4.69) is 0 Å². The Bertz CT molecular complexity index is 339. The zero-order valence-electron chi connectivity index (χ0n) is 10.4. The number of esters is 1. The first-order valence-electron chi connectivity index (χ1n) is 5.68. The van der Waals surface area contributed by atoms with Crippen LogP contribution in [0, 0.1) is 0 Å². The van der Waals surface area contributed by atoms with Crippen molar-refractivity contribution in [2.24, 2.45) is 5.73 Å². The van der Waals surface area contributed by atoms with Crippen LogP contribution in [0.1, 0.15) is 12.0 Å².